The number of anilines is 1. The molecule has 0 spiro atoms. The SMILES string of the molecule is COc1ccc(NC(=O)C(=O)NCC[C@@H]2CCCCN2S(=O)(=O)c2ccc(C)cc2)cc1. The van der Waals surface area contributed by atoms with Gasteiger partial charge in [0.2, 0.25) is 10.0 Å². The van der Waals surface area contributed by atoms with Crippen molar-refractivity contribution < 1.29 is 22.7 Å². The molecule has 1 saturated heterocycles. The number of nitrogens with one attached hydrogen (secondary N) is 2. The highest BCUT2D eigenvalue weighted by Crippen LogP contribution is 2.27. The Morgan fingerprint density at radius 2 is 1.72 bits per heavy atom. The molecule has 2 amide bonds. The monoisotopic (exact) mass is 459 g/mol. The first-order valence-electron chi connectivity index (χ1n) is 10.6. The summed E-state index contributed by atoms with van der Waals surface area (Å²) in [7, 11) is -2.07. The van der Waals surface area contributed by atoms with Crippen LogP contribution in [-0.4, -0.2) is 50.8 Å². The van der Waals surface area contributed by atoms with Crippen LogP contribution in [0, 0.1) is 6.92 Å². The van der Waals surface area contributed by atoms with Crippen molar-refractivity contribution in [2.45, 2.75) is 43.5 Å². The Hall–Kier alpha value is -2.91. The molecule has 0 aromatic heterocycles. The van der Waals surface area contributed by atoms with Crippen molar-refractivity contribution in [3.05, 3.63) is 54.1 Å². The normalized spacial score (nSPS) is 16.9. The minimum Gasteiger partial charge on any atom is -0.497 e. The highest BCUT2D eigenvalue weighted by atomic mass is 32.2. The van der Waals surface area contributed by atoms with E-state index in [0.29, 0.717) is 24.4 Å². The van der Waals surface area contributed by atoms with Crippen molar-refractivity contribution in [3.63, 3.8) is 0 Å². The number of carbonyl (C=O) groups excluding carboxylic acids is 2. The fourth-order valence-corrected chi connectivity index (χ4v) is 5.44. The second-order valence-electron chi connectivity index (χ2n) is 7.81. The number of sulfonamides is 1. The van der Waals surface area contributed by atoms with Crippen LogP contribution in [0.3, 0.4) is 0 Å². The van der Waals surface area contributed by atoms with Crippen molar-refractivity contribution in [1.29, 1.82) is 0 Å². The van der Waals surface area contributed by atoms with E-state index in [1.54, 1.807) is 55.6 Å². The van der Waals surface area contributed by atoms with Crippen LogP contribution in [0.2, 0.25) is 0 Å². The maximum atomic E-state index is 13.1. The van der Waals surface area contributed by atoms with Gasteiger partial charge in [0.15, 0.2) is 0 Å². The van der Waals surface area contributed by atoms with Gasteiger partial charge in [-0.3, -0.25) is 9.59 Å². The molecule has 1 atom stereocenters. The van der Waals surface area contributed by atoms with Crippen molar-refractivity contribution in [2.24, 2.45) is 0 Å². The largest absolute Gasteiger partial charge is 0.497 e. The molecule has 3 rings (SSSR count). The average molecular weight is 460 g/mol. The predicted octanol–water partition coefficient (Wildman–Crippen LogP) is 2.69. The first kappa shape index (κ1) is 23.7. The highest BCUT2D eigenvalue weighted by molar-refractivity contribution is 7.89. The number of piperidine rings is 1. The van der Waals surface area contributed by atoms with Gasteiger partial charge in [0.05, 0.1) is 12.0 Å². The van der Waals surface area contributed by atoms with Gasteiger partial charge >= 0.3 is 11.8 Å². The van der Waals surface area contributed by atoms with E-state index in [2.05, 4.69) is 10.6 Å². The van der Waals surface area contributed by atoms with E-state index in [1.807, 2.05) is 6.92 Å². The fraction of sp³-hybridized carbons (Fsp3) is 0.391. The van der Waals surface area contributed by atoms with Gasteiger partial charge in [-0.1, -0.05) is 24.1 Å². The van der Waals surface area contributed by atoms with E-state index in [4.69, 9.17) is 4.74 Å². The number of rotatable bonds is 7. The Bertz CT molecular complexity index is 1040. The molecule has 1 aliphatic rings. The lowest BCUT2D eigenvalue weighted by Gasteiger charge is -2.34. The number of methoxy groups -OCH3 is 1. The second kappa shape index (κ2) is 10.6. The van der Waals surface area contributed by atoms with E-state index in [0.717, 1.165) is 24.8 Å². The van der Waals surface area contributed by atoms with Gasteiger partial charge in [-0.05, 0) is 62.6 Å². The van der Waals surface area contributed by atoms with Gasteiger partial charge in [-0.2, -0.15) is 4.31 Å². The molecule has 1 heterocycles. The number of carbonyl (C=O) groups is 2. The summed E-state index contributed by atoms with van der Waals surface area (Å²) < 4.78 is 32.8. The lowest BCUT2D eigenvalue weighted by Crippen LogP contribution is -2.45. The summed E-state index contributed by atoms with van der Waals surface area (Å²) in [6.45, 7) is 2.57. The Morgan fingerprint density at radius 3 is 2.38 bits per heavy atom. The van der Waals surface area contributed by atoms with Crippen LogP contribution in [0.25, 0.3) is 0 Å². The van der Waals surface area contributed by atoms with Crippen LogP contribution in [-0.2, 0) is 19.6 Å². The molecule has 32 heavy (non-hydrogen) atoms. The fourth-order valence-electron chi connectivity index (χ4n) is 3.72. The average Bonchev–Trinajstić information content (AvgIpc) is 2.80. The molecule has 1 fully saturated rings. The number of benzene rings is 2. The van der Waals surface area contributed by atoms with E-state index in [-0.39, 0.29) is 17.5 Å². The summed E-state index contributed by atoms with van der Waals surface area (Å²) in [5.41, 5.74) is 1.48. The number of ether oxygens (including phenoxy) is 1. The highest BCUT2D eigenvalue weighted by Gasteiger charge is 2.33. The van der Waals surface area contributed by atoms with Crippen LogP contribution in [0.4, 0.5) is 5.69 Å². The predicted molar refractivity (Wildman–Crippen MR) is 122 cm³/mol. The molecule has 2 aromatic carbocycles. The van der Waals surface area contributed by atoms with Gasteiger partial charge < -0.3 is 15.4 Å². The number of aryl methyl sites for hydroxylation is 1. The van der Waals surface area contributed by atoms with Crippen LogP contribution in [0.1, 0.15) is 31.2 Å². The third-order valence-electron chi connectivity index (χ3n) is 5.52. The summed E-state index contributed by atoms with van der Waals surface area (Å²) in [5.74, 6) is -0.891. The topological polar surface area (TPSA) is 105 Å². The zero-order valence-electron chi connectivity index (χ0n) is 18.3. The van der Waals surface area contributed by atoms with Gasteiger partial charge in [0.25, 0.3) is 0 Å². The molecule has 0 unspecified atom stereocenters. The van der Waals surface area contributed by atoms with Gasteiger partial charge in [0, 0.05) is 24.8 Å². The van der Waals surface area contributed by atoms with Crippen molar-refractivity contribution in [3.8, 4) is 5.75 Å². The van der Waals surface area contributed by atoms with Gasteiger partial charge in [0.1, 0.15) is 5.75 Å². The third kappa shape index (κ3) is 5.86. The minimum atomic E-state index is -3.61. The lowest BCUT2D eigenvalue weighted by molar-refractivity contribution is -0.136. The number of nitrogens with zero attached hydrogens (tertiary/aromatic N) is 1. The molecule has 0 radical (unpaired) electrons. The van der Waals surface area contributed by atoms with Crippen LogP contribution >= 0.6 is 0 Å². The van der Waals surface area contributed by atoms with E-state index < -0.39 is 21.8 Å². The molecule has 9 heteroatoms. The van der Waals surface area contributed by atoms with E-state index >= 15 is 0 Å². The standard InChI is InChI=1S/C23H29N3O5S/c1-17-6-12-21(13-7-17)32(29,30)26-16-4-3-5-19(26)14-15-24-22(27)23(28)25-18-8-10-20(31-2)11-9-18/h6-13,19H,3-5,14-16H2,1-2H3,(H,24,27)(H,25,28)/t19-/m0/s1. The summed E-state index contributed by atoms with van der Waals surface area (Å²) in [5, 5.41) is 5.12. The number of hydrogen-bond donors (Lipinski definition) is 2. The van der Waals surface area contributed by atoms with Crippen LogP contribution in [0.5, 0.6) is 5.75 Å². The molecule has 0 aliphatic carbocycles. The molecule has 1 aliphatic heterocycles. The Labute approximate surface area is 189 Å². The number of amides is 2. The molecule has 0 bridgehead atoms. The van der Waals surface area contributed by atoms with Gasteiger partial charge in [-0.15, -0.1) is 0 Å². The second-order valence-corrected chi connectivity index (χ2v) is 9.70. The quantitative estimate of drug-likeness (QED) is 0.620. The first-order valence-corrected chi connectivity index (χ1v) is 12.1. The number of hydrogen-bond acceptors (Lipinski definition) is 5. The molecule has 172 valence electrons. The zero-order valence-corrected chi connectivity index (χ0v) is 19.2. The first-order chi connectivity index (χ1) is 15.3. The molecular formula is C23H29N3O5S. The maximum Gasteiger partial charge on any atom is 0.313 e. The summed E-state index contributed by atoms with van der Waals surface area (Å²) in [6.07, 6.45) is 2.89. The van der Waals surface area contributed by atoms with Crippen molar-refractivity contribution in [1.82, 2.24) is 9.62 Å². The minimum absolute atomic E-state index is 0.208. The summed E-state index contributed by atoms with van der Waals surface area (Å²) >= 11 is 0. The summed E-state index contributed by atoms with van der Waals surface area (Å²) in [4.78, 5) is 24.6. The van der Waals surface area contributed by atoms with Crippen molar-refractivity contribution in [2.75, 3.05) is 25.5 Å². The Balaban J connectivity index is 1.55. The van der Waals surface area contributed by atoms with E-state index in [9.17, 15) is 18.0 Å². The molecule has 8 nitrogen and oxygen atoms in total. The maximum absolute atomic E-state index is 13.1. The Morgan fingerprint density at radius 1 is 1.03 bits per heavy atom. The van der Waals surface area contributed by atoms with Gasteiger partial charge in [-0.25, -0.2) is 8.42 Å². The lowest BCUT2D eigenvalue weighted by atomic mass is 10.0. The van der Waals surface area contributed by atoms with Crippen LogP contribution in [0.15, 0.2) is 53.4 Å². The zero-order chi connectivity index (χ0) is 23.1. The summed E-state index contributed by atoms with van der Waals surface area (Å²) in [6, 6.07) is 13.2. The third-order valence-corrected chi connectivity index (χ3v) is 7.48. The van der Waals surface area contributed by atoms with Crippen LogP contribution < -0.4 is 15.4 Å². The Kier molecular flexibility index (Phi) is 7.87. The van der Waals surface area contributed by atoms with E-state index in [1.165, 1.54) is 4.31 Å². The smallest absolute Gasteiger partial charge is 0.313 e. The molecule has 2 aromatic rings. The molecule has 2 N–H and O–H groups in total. The molecule has 0 saturated carbocycles. The molecular weight excluding hydrogens is 430 g/mol. The van der Waals surface area contributed by atoms with Crippen molar-refractivity contribution >= 4 is 27.5 Å².